The van der Waals surface area contributed by atoms with E-state index in [2.05, 4.69) is 57.6 Å². The second-order valence-corrected chi connectivity index (χ2v) is 5.32. The molecule has 0 unspecified atom stereocenters. The highest BCUT2D eigenvalue weighted by atomic mass is 79.9. The molecule has 100 valence electrons. The number of methoxy groups -OCH3 is 1. The van der Waals surface area contributed by atoms with Crippen molar-refractivity contribution < 1.29 is 4.74 Å². The molecule has 0 atom stereocenters. The van der Waals surface area contributed by atoms with Crippen LogP contribution in [-0.4, -0.2) is 14.2 Å². The van der Waals surface area contributed by atoms with Crippen molar-refractivity contribution in [1.82, 2.24) is 5.32 Å². The van der Waals surface area contributed by atoms with Crippen molar-refractivity contribution in [2.75, 3.05) is 14.2 Å². The molecule has 0 aliphatic heterocycles. The number of hydrogen-bond acceptors (Lipinski definition) is 2. The summed E-state index contributed by atoms with van der Waals surface area (Å²) in [7, 11) is 3.65. The van der Waals surface area contributed by atoms with Gasteiger partial charge in [0.2, 0.25) is 0 Å². The van der Waals surface area contributed by atoms with Crippen LogP contribution in [0.2, 0.25) is 0 Å². The molecule has 0 radical (unpaired) electrons. The van der Waals surface area contributed by atoms with Crippen molar-refractivity contribution in [3.05, 3.63) is 63.6 Å². The fraction of sp³-hybridized carbons (Fsp3) is 0.250. The van der Waals surface area contributed by atoms with E-state index in [1.807, 2.05) is 13.1 Å². The number of nitrogens with one attached hydrogen (secondary N) is 1. The molecule has 0 bridgehead atoms. The van der Waals surface area contributed by atoms with Crippen LogP contribution < -0.4 is 10.1 Å². The predicted molar refractivity (Wildman–Crippen MR) is 82.7 cm³/mol. The normalized spacial score (nSPS) is 10.5. The summed E-state index contributed by atoms with van der Waals surface area (Å²) in [5.41, 5.74) is 3.77. The Morgan fingerprint density at radius 1 is 1.11 bits per heavy atom. The molecule has 1 N–H and O–H groups in total. The molecule has 0 saturated carbocycles. The molecule has 0 fully saturated rings. The molecule has 2 aromatic carbocycles. The first kappa shape index (κ1) is 14.1. The van der Waals surface area contributed by atoms with E-state index in [0.717, 1.165) is 23.2 Å². The molecule has 0 aliphatic rings. The lowest BCUT2D eigenvalue weighted by Crippen LogP contribution is -2.07. The van der Waals surface area contributed by atoms with Gasteiger partial charge in [-0.2, -0.15) is 0 Å². The number of benzene rings is 2. The SMILES string of the molecule is CNCc1cc(Cc2ccccc2)cc(Br)c1OC. The molecular formula is C16H18BrNO. The minimum absolute atomic E-state index is 0.796. The van der Waals surface area contributed by atoms with Crippen LogP contribution >= 0.6 is 15.9 Å². The molecule has 3 heteroatoms. The smallest absolute Gasteiger partial charge is 0.137 e. The summed E-state index contributed by atoms with van der Waals surface area (Å²) < 4.78 is 6.46. The number of hydrogen-bond donors (Lipinski definition) is 1. The van der Waals surface area contributed by atoms with Crippen LogP contribution in [0.3, 0.4) is 0 Å². The van der Waals surface area contributed by atoms with E-state index in [4.69, 9.17) is 4.74 Å². The third kappa shape index (κ3) is 3.58. The van der Waals surface area contributed by atoms with Gasteiger partial charge in [0.25, 0.3) is 0 Å². The first-order valence-corrected chi connectivity index (χ1v) is 7.07. The molecule has 19 heavy (non-hydrogen) atoms. The molecule has 0 heterocycles. The van der Waals surface area contributed by atoms with E-state index < -0.39 is 0 Å². The predicted octanol–water partition coefficient (Wildman–Crippen LogP) is 3.77. The largest absolute Gasteiger partial charge is 0.495 e. The summed E-state index contributed by atoms with van der Waals surface area (Å²) in [6.07, 6.45) is 0.931. The molecule has 2 aromatic rings. The lowest BCUT2D eigenvalue weighted by atomic mass is 10.0. The maximum atomic E-state index is 5.45. The van der Waals surface area contributed by atoms with Crippen molar-refractivity contribution >= 4 is 15.9 Å². The van der Waals surface area contributed by atoms with Gasteiger partial charge in [-0.1, -0.05) is 36.4 Å². The van der Waals surface area contributed by atoms with Gasteiger partial charge in [0, 0.05) is 12.1 Å². The molecule has 0 aromatic heterocycles. The molecule has 2 rings (SSSR count). The fourth-order valence-electron chi connectivity index (χ4n) is 2.20. The Morgan fingerprint density at radius 2 is 1.84 bits per heavy atom. The molecule has 2 nitrogen and oxygen atoms in total. The Bertz CT molecular complexity index is 540. The monoisotopic (exact) mass is 319 g/mol. The Hall–Kier alpha value is -1.32. The molecule has 0 saturated heterocycles. The zero-order chi connectivity index (χ0) is 13.7. The Labute approximate surface area is 122 Å². The van der Waals surface area contributed by atoms with Gasteiger partial charge in [-0.3, -0.25) is 0 Å². The number of halogens is 1. The van der Waals surface area contributed by atoms with Crippen molar-refractivity contribution in [2.24, 2.45) is 0 Å². The average molecular weight is 320 g/mol. The summed E-state index contributed by atoms with van der Waals surface area (Å²) in [5, 5.41) is 3.18. The topological polar surface area (TPSA) is 21.3 Å². The number of ether oxygens (including phenoxy) is 1. The van der Waals surface area contributed by atoms with Crippen molar-refractivity contribution in [2.45, 2.75) is 13.0 Å². The van der Waals surface area contributed by atoms with Gasteiger partial charge in [-0.25, -0.2) is 0 Å². The van der Waals surface area contributed by atoms with Crippen LogP contribution in [0.1, 0.15) is 16.7 Å². The van der Waals surface area contributed by atoms with E-state index in [1.165, 1.54) is 16.7 Å². The number of rotatable bonds is 5. The standard InChI is InChI=1S/C16H18BrNO/c1-18-11-14-9-13(10-15(17)16(14)19-2)8-12-6-4-3-5-7-12/h3-7,9-10,18H,8,11H2,1-2H3. The maximum Gasteiger partial charge on any atom is 0.137 e. The van der Waals surface area contributed by atoms with E-state index in [9.17, 15) is 0 Å². The van der Waals surface area contributed by atoms with E-state index in [-0.39, 0.29) is 0 Å². The lowest BCUT2D eigenvalue weighted by molar-refractivity contribution is 0.405. The van der Waals surface area contributed by atoms with E-state index >= 15 is 0 Å². The highest BCUT2D eigenvalue weighted by Crippen LogP contribution is 2.31. The van der Waals surface area contributed by atoms with Gasteiger partial charge in [-0.15, -0.1) is 0 Å². The second-order valence-electron chi connectivity index (χ2n) is 4.46. The summed E-state index contributed by atoms with van der Waals surface area (Å²) in [5.74, 6) is 0.908. The van der Waals surface area contributed by atoms with Gasteiger partial charge in [0.1, 0.15) is 5.75 Å². The Balaban J connectivity index is 2.31. The fourth-order valence-corrected chi connectivity index (χ4v) is 2.91. The highest BCUT2D eigenvalue weighted by molar-refractivity contribution is 9.10. The molecule has 0 amide bonds. The van der Waals surface area contributed by atoms with E-state index in [0.29, 0.717) is 0 Å². The summed E-state index contributed by atoms with van der Waals surface area (Å²) >= 11 is 3.59. The van der Waals surface area contributed by atoms with Crippen LogP contribution in [0.5, 0.6) is 5.75 Å². The van der Waals surface area contributed by atoms with Gasteiger partial charge in [-0.05, 0) is 46.6 Å². The van der Waals surface area contributed by atoms with E-state index in [1.54, 1.807) is 7.11 Å². The van der Waals surface area contributed by atoms with Crippen LogP contribution in [0.15, 0.2) is 46.9 Å². The van der Waals surface area contributed by atoms with Gasteiger partial charge >= 0.3 is 0 Å². The van der Waals surface area contributed by atoms with Crippen molar-refractivity contribution in [3.63, 3.8) is 0 Å². The molecule has 0 aliphatic carbocycles. The Morgan fingerprint density at radius 3 is 2.47 bits per heavy atom. The first-order chi connectivity index (χ1) is 9.24. The van der Waals surface area contributed by atoms with Crippen LogP contribution in [0.4, 0.5) is 0 Å². The summed E-state index contributed by atoms with van der Waals surface area (Å²) in [6.45, 7) is 0.796. The molecular weight excluding hydrogens is 302 g/mol. The van der Waals surface area contributed by atoms with Gasteiger partial charge < -0.3 is 10.1 Å². The third-order valence-electron chi connectivity index (χ3n) is 3.00. The maximum absolute atomic E-state index is 5.45. The second kappa shape index (κ2) is 6.73. The Kier molecular flexibility index (Phi) is 5.00. The molecule has 0 spiro atoms. The van der Waals surface area contributed by atoms with Crippen molar-refractivity contribution in [1.29, 1.82) is 0 Å². The highest BCUT2D eigenvalue weighted by Gasteiger charge is 2.09. The zero-order valence-corrected chi connectivity index (χ0v) is 12.8. The lowest BCUT2D eigenvalue weighted by Gasteiger charge is -2.13. The first-order valence-electron chi connectivity index (χ1n) is 6.28. The quantitative estimate of drug-likeness (QED) is 0.905. The van der Waals surface area contributed by atoms with Crippen LogP contribution in [0, 0.1) is 0 Å². The summed E-state index contributed by atoms with van der Waals surface area (Å²) in [4.78, 5) is 0. The summed E-state index contributed by atoms with van der Waals surface area (Å²) in [6, 6.07) is 14.8. The van der Waals surface area contributed by atoms with Crippen LogP contribution in [-0.2, 0) is 13.0 Å². The minimum Gasteiger partial charge on any atom is -0.495 e. The van der Waals surface area contributed by atoms with Gasteiger partial charge in [0.15, 0.2) is 0 Å². The minimum atomic E-state index is 0.796. The third-order valence-corrected chi connectivity index (χ3v) is 3.59. The van der Waals surface area contributed by atoms with Crippen molar-refractivity contribution in [3.8, 4) is 5.75 Å². The zero-order valence-electron chi connectivity index (χ0n) is 11.2. The average Bonchev–Trinajstić information content (AvgIpc) is 2.40. The van der Waals surface area contributed by atoms with Gasteiger partial charge in [0.05, 0.1) is 11.6 Å². The van der Waals surface area contributed by atoms with Crippen LogP contribution in [0.25, 0.3) is 0 Å².